The summed E-state index contributed by atoms with van der Waals surface area (Å²) >= 11 is 0. The summed E-state index contributed by atoms with van der Waals surface area (Å²) in [6.07, 6.45) is -3.77. The van der Waals surface area contributed by atoms with Crippen molar-refractivity contribution in [2.45, 2.75) is 26.4 Å². The quantitative estimate of drug-likeness (QED) is 0.605. The fourth-order valence-electron chi connectivity index (χ4n) is 3.09. The summed E-state index contributed by atoms with van der Waals surface area (Å²) in [6.45, 7) is 4.28. The molecule has 30 heavy (non-hydrogen) atoms. The van der Waals surface area contributed by atoms with E-state index in [-0.39, 0.29) is 18.1 Å². The van der Waals surface area contributed by atoms with Crippen molar-refractivity contribution in [2.75, 3.05) is 18.4 Å². The maximum absolute atomic E-state index is 12.7. The van der Waals surface area contributed by atoms with Gasteiger partial charge in [0.2, 0.25) is 5.91 Å². The van der Waals surface area contributed by atoms with Crippen LogP contribution in [0.1, 0.15) is 22.5 Å². The average Bonchev–Trinajstić information content (AvgIpc) is 3.04. The number of nitrogens with one attached hydrogen (secondary N) is 2. The van der Waals surface area contributed by atoms with Crippen molar-refractivity contribution in [3.8, 4) is 5.69 Å². The Bertz CT molecular complexity index is 1010. The molecule has 1 amide bonds. The van der Waals surface area contributed by atoms with Crippen molar-refractivity contribution in [1.29, 1.82) is 0 Å². The lowest BCUT2D eigenvalue weighted by atomic mass is 10.1. The minimum atomic E-state index is -4.41. The summed E-state index contributed by atoms with van der Waals surface area (Å²) < 4.78 is 40.0. The number of anilines is 1. The van der Waals surface area contributed by atoms with Crippen molar-refractivity contribution < 1.29 is 18.0 Å². The summed E-state index contributed by atoms with van der Waals surface area (Å²) in [6, 6.07) is 14.7. The molecule has 3 rings (SSSR count). The molecule has 0 radical (unpaired) electrons. The highest BCUT2D eigenvalue weighted by Gasteiger charge is 2.30. The number of alkyl halides is 3. The molecule has 2 N–H and O–H groups in total. The van der Waals surface area contributed by atoms with Gasteiger partial charge in [-0.05, 0) is 62.2 Å². The second-order valence-corrected chi connectivity index (χ2v) is 7.04. The smallest absolute Gasteiger partial charge is 0.376 e. The number of aromatic nitrogens is 2. The molecule has 158 valence electrons. The van der Waals surface area contributed by atoms with Gasteiger partial charge in [-0.15, -0.1) is 0 Å². The van der Waals surface area contributed by atoms with Crippen LogP contribution in [0.4, 0.5) is 18.9 Å². The van der Waals surface area contributed by atoms with E-state index in [2.05, 4.69) is 15.7 Å². The predicted octanol–water partition coefficient (Wildman–Crippen LogP) is 4.28. The monoisotopic (exact) mass is 416 g/mol. The molecule has 0 aliphatic heterocycles. The molecule has 0 saturated carbocycles. The van der Waals surface area contributed by atoms with Crippen LogP contribution in [-0.2, 0) is 17.4 Å². The number of benzene rings is 2. The van der Waals surface area contributed by atoms with E-state index in [0.29, 0.717) is 13.0 Å². The van der Waals surface area contributed by atoms with Gasteiger partial charge < -0.3 is 10.6 Å². The van der Waals surface area contributed by atoms with Gasteiger partial charge in [0.25, 0.3) is 0 Å². The summed E-state index contributed by atoms with van der Waals surface area (Å²) in [7, 11) is 0. The number of halogens is 3. The zero-order valence-electron chi connectivity index (χ0n) is 16.8. The summed E-state index contributed by atoms with van der Waals surface area (Å²) in [5, 5.41) is 9.93. The minimum absolute atomic E-state index is 0.0990. The Balaban J connectivity index is 1.45. The van der Waals surface area contributed by atoms with Crippen LogP contribution in [0.15, 0.2) is 54.6 Å². The number of hydrogen-bond donors (Lipinski definition) is 2. The number of nitrogens with zero attached hydrogens (tertiary/aromatic N) is 2. The molecule has 1 aromatic heterocycles. The number of hydrogen-bond acceptors (Lipinski definition) is 3. The lowest BCUT2D eigenvalue weighted by Gasteiger charge is -2.11. The highest BCUT2D eigenvalue weighted by molar-refractivity contribution is 5.80. The van der Waals surface area contributed by atoms with Gasteiger partial charge in [0.15, 0.2) is 0 Å². The largest absolute Gasteiger partial charge is 0.416 e. The number of carbonyl (C=O) groups excluding carboxylic acids is 1. The molecule has 8 heteroatoms. The van der Waals surface area contributed by atoms with Crippen LogP contribution in [0.25, 0.3) is 5.69 Å². The second-order valence-electron chi connectivity index (χ2n) is 7.04. The third kappa shape index (κ3) is 5.62. The highest BCUT2D eigenvalue weighted by Crippen LogP contribution is 2.30. The van der Waals surface area contributed by atoms with Crippen LogP contribution in [-0.4, -0.2) is 28.8 Å². The zero-order chi connectivity index (χ0) is 21.7. The summed E-state index contributed by atoms with van der Waals surface area (Å²) in [4.78, 5) is 12.0. The van der Waals surface area contributed by atoms with Crippen molar-refractivity contribution in [1.82, 2.24) is 15.1 Å². The maximum atomic E-state index is 12.7. The Morgan fingerprint density at radius 3 is 2.43 bits per heavy atom. The van der Waals surface area contributed by atoms with Crippen LogP contribution in [0.2, 0.25) is 0 Å². The molecule has 0 aliphatic rings. The molecule has 0 aliphatic carbocycles. The molecule has 2 aromatic carbocycles. The fourth-order valence-corrected chi connectivity index (χ4v) is 3.09. The molecule has 0 spiro atoms. The van der Waals surface area contributed by atoms with Crippen molar-refractivity contribution in [2.24, 2.45) is 0 Å². The van der Waals surface area contributed by atoms with E-state index in [1.165, 1.54) is 12.1 Å². The van der Waals surface area contributed by atoms with Gasteiger partial charge in [-0.25, -0.2) is 4.68 Å². The molecule has 0 atom stereocenters. The first-order valence-electron chi connectivity index (χ1n) is 9.53. The zero-order valence-corrected chi connectivity index (χ0v) is 16.8. The van der Waals surface area contributed by atoms with Crippen LogP contribution in [0, 0.1) is 13.8 Å². The molecular formula is C22H23F3N4O. The SMILES string of the molecule is Cc1cc(C)n(-c2ccc(CCNC(=O)CNc3cccc(C(F)(F)F)c3)cc2)n1. The summed E-state index contributed by atoms with van der Waals surface area (Å²) in [5.41, 5.74) is 3.54. The van der Waals surface area contributed by atoms with E-state index in [0.717, 1.165) is 34.8 Å². The molecule has 0 unspecified atom stereocenters. The number of aryl methyl sites for hydroxylation is 2. The predicted molar refractivity (Wildman–Crippen MR) is 110 cm³/mol. The van der Waals surface area contributed by atoms with Gasteiger partial charge >= 0.3 is 6.18 Å². The van der Waals surface area contributed by atoms with E-state index in [1.807, 2.05) is 48.9 Å². The molecular weight excluding hydrogens is 393 g/mol. The minimum Gasteiger partial charge on any atom is -0.376 e. The van der Waals surface area contributed by atoms with Gasteiger partial charge in [0, 0.05) is 17.9 Å². The van der Waals surface area contributed by atoms with Crippen LogP contribution >= 0.6 is 0 Å². The van der Waals surface area contributed by atoms with Crippen LogP contribution < -0.4 is 10.6 Å². The normalized spacial score (nSPS) is 11.4. The molecule has 0 fully saturated rings. The van der Waals surface area contributed by atoms with E-state index in [4.69, 9.17) is 0 Å². The van der Waals surface area contributed by atoms with Gasteiger partial charge in [-0.1, -0.05) is 18.2 Å². The Kier molecular flexibility index (Phi) is 6.44. The summed E-state index contributed by atoms with van der Waals surface area (Å²) in [5.74, 6) is -0.285. The average molecular weight is 416 g/mol. The molecule has 3 aromatic rings. The van der Waals surface area contributed by atoms with E-state index in [9.17, 15) is 18.0 Å². The van der Waals surface area contributed by atoms with Gasteiger partial charge in [0.1, 0.15) is 0 Å². The highest BCUT2D eigenvalue weighted by atomic mass is 19.4. The first kappa shape index (κ1) is 21.4. The lowest BCUT2D eigenvalue weighted by molar-refractivity contribution is -0.137. The number of amides is 1. The van der Waals surface area contributed by atoms with Crippen molar-refractivity contribution in [3.05, 3.63) is 77.1 Å². The third-order valence-electron chi connectivity index (χ3n) is 4.57. The number of rotatable bonds is 7. The Morgan fingerprint density at radius 2 is 1.80 bits per heavy atom. The van der Waals surface area contributed by atoms with E-state index in [1.54, 1.807) is 0 Å². The first-order chi connectivity index (χ1) is 14.2. The fraction of sp³-hybridized carbons (Fsp3) is 0.273. The second kappa shape index (κ2) is 9.02. The van der Waals surface area contributed by atoms with Gasteiger partial charge in [0.05, 0.1) is 23.5 Å². The first-order valence-corrected chi connectivity index (χ1v) is 9.53. The van der Waals surface area contributed by atoms with Crippen molar-refractivity contribution in [3.63, 3.8) is 0 Å². The molecule has 0 bridgehead atoms. The third-order valence-corrected chi connectivity index (χ3v) is 4.57. The van der Waals surface area contributed by atoms with Gasteiger partial charge in [-0.2, -0.15) is 18.3 Å². The topological polar surface area (TPSA) is 59.0 Å². The molecule has 0 saturated heterocycles. The molecule has 1 heterocycles. The Morgan fingerprint density at radius 1 is 1.07 bits per heavy atom. The van der Waals surface area contributed by atoms with Gasteiger partial charge in [-0.3, -0.25) is 4.79 Å². The van der Waals surface area contributed by atoms with E-state index < -0.39 is 11.7 Å². The Hall–Kier alpha value is -3.29. The lowest BCUT2D eigenvalue weighted by Crippen LogP contribution is -2.31. The maximum Gasteiger partial charge on any atom is 0.416 e. The van der Waals surface area contributed by atoms with Crippen LogP contribution in [0.3, 0.4) is 0 Å². The Labute approximate surface area is 172 Å². The molecule has 5 nitrogen and oxygen atoms in total. The van der Waals surface area contributed by atoms with E-state index >= 15 is 0 Å². The van der Waals surface area contributed by atoms with Crippen LogP contribution in [0.5, 0.6) is 0 Å². The van der Waals surface area contributed by atoms with Crippen molar-refractivity contribution >= 4 is 11.6 Å². The standard InChI is InChI=1S/C22H23F3N4O/c1-15-12-16(2)29(28-15)20-8-6-17(7-9-20)10-11-26-21(30)14-27-19-5-3-4-18(13-19)22(23,24)25/h3-9,12-13,27H,10-11,14H2,1-2H3,(H,26,30). The number of carbonyl (C=O) groups is 1.